The summed E-state index contributed by atoms with van der Waals surface area (Å²) in [6.45, 7) is 4.75. The lowest BCUT2D eigenvalue weighted by Crippen LogP contribution is -2.51. The van der Waals surface area contributed by atoms with Crippen LogP contribution in [-0.4, -0.2) is 61.4 Å². The van der Waals surface area contributed by atoms with Crippen molar-refractivity contribution in [1.82, 2.24) is 14.9 Å². The number of nitrogens with zero attached hydrogens (tertiary/aromatic N) is 3. The Kier molecular flexibility index (Phi) is 4.40. The maximum absolute atomic E-state index is 6.06. The topological polar surface area (TPSA) is 56.7 Å². The van der Waals surface area contributed by atoms with Crippen LogP contribution in [0.3, 0.4) is 0 Å². The van der Waals surface area contributed by atoms with Crippen molar-refractivity contribution in [2.24, 2.45) is 0 Å². The number of benzene rings is 1. The number of hydrogen-bond donors (Lipinski definition) is 0. The van der Waals surface area contributed by atoms with Crippen molar-refractivity contribution in [1.29, 1.82) is 0 Å². The van der Waals surface area contributed by atoms with Crippen molar-refractivity contribution < 1.29 is 14.2 Å². The summed E-state index contributed by atoms with van der Waals surface area (Å²) in [6.07, 6.45) is 2.01. The second-order valence-corrected chi connectivity index (χ2v) is 5.58. The van der Waals surface area contributed by atoms with Crippen LogP contribution in [0.5, 0.6) is 11.5 Å². The third kappa shape index (κ3) is 3.28. The molecule has 0 atom stereocenters. The van der Waals surface area contributed by atoms with E-state index in [0.717, 1.165) is 35.6 Å². The van der Waals surface area contributed by atoms with Crippen LogP contribution in [0.1, 0.15) is 5.82 Å². The van der Waals surface area contributed by atoms with Crippen LogP contribution in [0.25, 0.3) is 10.9 Å². The number of aryl methyl sites for hydroxylation is 1. The fraction of sp³-hybridized carbons (Fsp3) is 0.500. The molecular formula is C16H21N3O3. The molecule has 0 spiro atoms. The van der Waals surface area contributed by atoms with Crippen molar-refractivity contribution in [2.45, 2.75) is 13.0 Å². The van der Waals surface area contributed by atoms with E-state index in [1.54, 1.807) is 7.11 Å². The number of likely N-dealkylation sites (tertiary alicyclic amines) is 1. The fourth-order valence-electron chi connectivity index (χ4n) is 2.47. The van der Waals surface area contributed by atoms with Crippen LogP contribution in [-0.2, 0) is 4.74 Å². The number of fused-ring (bicyclic) bond motifs is 1. The molecule has 0 amide bonds. The Morgan fingerprint density at radius 3 is 2.77 bits per heavy atom. The van der Waals surface area contributed by atoms with Gasteiger partial charge in [0.2, 0.25) is 0 Å². The van der Waals surface area contributed by atoms with Gasteiger partial charge < -0.3 is 14.2 Å². The van der Waals surface area contributed by atoms with Gasteiger partial charge in [0.1, 0.15) is 18.5 Å². The Morgan fingerprint density at radius 2 is 2.05 bits per heavy atom. The Labute approximate surface area is 130 Å². The van der Waals surface area contributed by atoms with Gasteiger partial charge in [0, 0.05) is 37.8 Å². The molecule has 0 bridgehead atoms. The van der Waals surface area contributed by atoms with Crippen LogP contribution in [0.4, 0.5) is 0 Å². The predicted octanol–water partition coefficient (Wildman–Crippen LogP) is 1.66. The maximum atomic E-state index is 6.06. The van der Waals surface area contributed by atoms with Gasteiger partial charge in [0.25, 0.3) is 0 Å². The van der Waals surface area contributed by atoms with E-state index in [0.29, 0.717) is 19.0 Å². The number of rotatable bonds is 6. The minimum Gasteiger partial charge on any atom is -0.487 e. The van der Waals surface area contributed by atoms with Crippen LogP contribution in [0.15, 0.2) is 18.3 Å². The Balaban J connectivity index is 1.87. The Hall–Kier alpha value is -1.92. The van der Waals surface area contributed by atoms with Crippen molar-refractivity contribution in [2.75, 3.05) is 40.5 Å². The first-order valence-electron chi connectivity index (χ1n) is 7.40. The first-order chi connectivity index (χ1) is 10.7. The molecule has 0 aliphatic carbocycles. The summed E-state index contributed by atoms with van der Waals surface area (Å²) in [5, 5.41) is 0.941. The van der Waals surface area contributed by atoms with E-state index >= 15 is 0 Å². The van der Waals surface area contributed by atoms with Gasteiger partial charge in [-0.1, -0.05) is 0 Å². The molecule has 0 radical (unpaired) electrons. The highest BCUT2D eigenvalue weighted by Crippen LogP contribution is 2.33. The van der Waals surface area contributed by atoms with E-state index < -0.39 is 0 Å². The monoisotopic (exact) mass is 303 g/mol. The van der Waals surface area contributed by atoms with E-state index in [4.69, 9.17) is 14.2 Å². The number of ether oxygens (including phenoxy) is 3. The van der Waals surface area contributed by atoms with E-state index in [1.807, 2.05) is 25.3 Å². The summed E-state index contributed by atoms with van der Waals surface area (Å²) in [4.78, 5) is 10.9. The summed E-state index contributed by atoms with van der Waals surface area (Å²) in [5.74, 6) is 2.20. The smallest absolute Gasteiger partial charge is 0.163 e. The lowest BCUT2D eigenvalue weighted by molar-refractivity contribution is 0.0359. The summed E-state index contributed by atoms with van der Waals surface area (Å²) in [7, 11) is 3.73. The number of methoxy groups -OCH3 is 1. The molecular weight excluding hydrogens is 282 g/mol. The highest BCUT2D eigenvalue weighted by atomic mass is 16.5. The highest BCUT2D eigenvalue weighted by molar-refractivity contribution is 5.81. The zero-order chi connectivity index (χ0) is 15.5. The molecule has 2 aromatic rings. The molecule has 0 unspecified atom stereocenters. The van der Waals surface area contributed by atoms with Crippen molar-refractivity contribution in [3.05, 3.63) is 24.2 Å². The van der Waals surface area contributed by atoms with Gasteiger partial charge in [-0.3, -0.25) is 4.90 Å². The Bertz CT molecular complexity index is 656. The number of aromatic nitrogens is 2. The summed E-state index contributed by atoms with van der Waals surface area (Å²) in [6, 6.07) is 3.87. The van der Waals surface area contributed by atoms with Crippen LogP contribution >= 0.6 is 0 Å². The van der Waals surface area contributed by atoms with Gasteiger partial charge in [0.15, 0.2) is 11.5 Å². The van der Waals surface area contributed by atoms with Crippen LogP contribution < -0.4 is 9.47 Å². The average Bonchev–Trinajstić information content (AvgIpc) is 2.46. The Morgan fingerprint density at radius 1 is 1.23 bits per heavy atom. The molecule has 1 aromatic carbocycles. The van der Waals surface area contributed by atoms with Gasteiger partial charge in [-0.2, -0.15) is 0 Å². The van der Waals surface area contributed by atoms with Gasteiger partial charge in [0.05, 0.1) is 12.1 Å². The van der Waals surface area contributed by atoms with Gasteiger partial charge in [-0.25, -0.2) is 9.97 Å². The van der Waals surface area contributed by atoms with E-state index in [1.165, 1.54) is 0 Å². The third-order valence-corrected chi connectivity index (χ3v) is 3.64. The number of likely N-dealkylation sites (N-methyl/N-ethyl adjacent to an activating group) is 1. The molecule has 0 saturated carbocycles. The van der Waals surface area contributed by atoms with Crippen LogP contribution in [0.2, 0.25) is 0 Å². The molecule has 118 valence electrons. The summed E-state index contributed by atoms with van der Waals surface area (Å²) < 4.78 is 16.9. The molecule has 1 saturated heterocycles. The van der Waals surface area contributed by atoms with Gasteiger partial charge >= 0.3 is 0 Å². The first kappa shape index (κ1) is 15.0. The van der Waals surface area contributed by atoms with Crippen molar-refractivity contribution in [3.63, 3.8) is 0 Å². The van der Waals surface area contributed by atoms with Gasteiger partial charge in [-0.05, 0) is 20.0 Å². The fourth-order valence-corrected chi connectivity index (χ4v) is 2.47. The van der Waals surface area contributed by atoms with Crippen molar-refractivity contribution >= 4 is 10.9 Å². The maximum Gasteiger partial charge on any atom is 0.163 e. The van der Waals surface area contributed by atoms with E-state index in [2.05, 4.69) is 21.9 Å². The lowest BCUT2D eigenvalue weighted by atomic mass is 10.2. The minimum absolute atomic E-state index is 0.204. The quantitative estimate of drug-likeness (QED) is 0.757. The lowest BCUT2D eigenvalue weighted by Gasteiger charge is -2.36. The summed E-state index contributed by atoms with van der Waals surface area (Å²) in [5.41, 5.74) is 0.870. The van der Waals surface area contributed by atoms with Crippen LogP contribution in [0, 0.1) is 6.92 Å². The second kappa shape index (κ2) is 6.46. The second-order valence-electron chi connectivity index (χ2n) is 5.58. The number of hydrogen-bond acceptors (Lipinski definition) is 6. The minimum atomic E-state index is 0.204. The largest absolute Gasteiger partial charge is 0.487 e. The molecule has 6 heteroatoms. The third-order valence-electron chi connectivity index (χ3n) is 3.64. The molecule has 1 aliphatic heterocycles. The molecule has 1 fully saturated rings. The van der Waals surface area contributed by atoms with E-state index in [-0.39, 0.29) is 6.10 Å². The van der Waals surface area contributed by atoms with Crippen molar-refractivity contribution in [3.8, 4) is 11.5 Å². The molecule has 0 N–H and O–H groups in total. The summed E-state index contributed by atoms with van der Waals surface area (Å²) >= 11 is 0. The zero-order valence-corrected chi connectivity index (χ0v) is 13.2. The standard InChI is InChI=1S/C16H21N3O3/c1-11-17-8-12-6-15(21-5-4-20-3)16(7-14(12)18-11)22-13-9-19(2)10-13/h6-8,13H,4-5,9-10H2,1-3H3. The van der Waals surface area contributed by atoms with E-state index in [9.17, 15) is 0 Å². The van der Waals surface area contributed by atoms with Gasteiger partial charge in [-0.15, -0.1) is 0 Å². The zero-order valence-electron chi connectivity index (χ0n) is 13.2. The predicted molar refractivity (Wildman–Crippen MR) is 83.6 cm³/mol. The normalized spacial score (nSPS) is 15.8. The molecule has 22 heavy (non-hydrogen) atoms. The molecule has 1 aliphatic rings. The molecule has 6 nitrogen and oxygen atoms in total. The first-order valence-corrected chi connectivity index (χ1v) is 7.40. The molecule has 2 heterocycles. The molecule has 3 rings (SSSR count). The highest BCUT2D eigenvalue weighted by Gasteiger charge is 2.26. The molecule has 1 aromatic heterocycles. The average molecular weight is 303 g/mol. The SMILES string of the molecule is COCCOc1cc2cnc(C)nc2cc1OC1CN(C)C1.